The molecule has 0 saturated heterocycles. The summed E-state index contributed by atoms with van der Waals surface area (Å²) in [4.78, 5) is 13.8. The minimum atomic E-state index is -3.69. The molecule has 1 unspecified atom stereocenters. The summed E-state index contributed by atoms with van der Waals surface area (Å²) in [5.74, 6) is -0.0403. The highest BCUT2D eigenvalue weighted by Crippen LogP contribution is 2.33. The molecule has 3 aromatic rings. The number of carbonyl (C=O) groups excluding carboxylic acids is 1. The molecule has 1 aliphatic rings. The highest BCUT2D eigenvalue weighted by molar-refractivity contribution is 7.89. The van der Waals surface area contributed by atoms with Gasteiger partial charge in [0.05, 0.1) is 11.4 Å². The molecule has 1 N–H and O–H groups in total. The summed E-state index contributed by atoms with van der Waals surface area (Å²) >= 11 is 5.95. The van der Waals surface area contributed by atoms with Gasteiger partial charge in [0.15, 0.2) is 0 Å². The average Bonchev–Trinajstić information content (AvgIpc) is 3.30. The monoisotopic (exact) mass is 457 g/mol. The van der Waals surface area contributed by atoms with Crippen LogP contribution in [0.3, 0.4) is 0 Å². The highest BCUT2D eigenvalue weighted by Gasteiger charge is 2.30. The Morgan fingerprint density at radius 1 is 1.16 bits per heavy atom. The van der Waals surface area contributed by atoms with Crippen LogP contribution >= 0.6 is 11.6 Å². The van der Waals surface area contributed by atoms with Crippen molar-refractivity contribution in [2.75, 3.05) is 4.90 Å². The van der Waals surface area contributed by atoms with Gasteiger partial charge in [0.1, 0.15) is 0 Å². The largest absolute Gasteiger partial charge is 0.346 e. The van der Waals surface area contributed by atoms with Gasteiger partial charge < -0.3 is 9.47 Å². The molecule has 0 spiro atoms. The summed E-state index contributed by atoms with van der Waals surface area (Å²) in [5.41, 5.74) is 3.59. The fourth-order valence-electron chi connectivity index (χ4n) is 4.06. The first kappa shape index (κ1) is 21.6. The van der Waals surface area contributed by atoms with Crippen molar-refractivity contribution in [3.63, 3.8) is 0 Å². The van der Waals surface area contributed by atoms with Crippen molar-refractivity contribution in [2.24, 2.45) is 0 Å². The van der Waals surface area contributed by atoms with Crippen LogP contribution < -0.4 is 9.62 Å². The van der Waals surface area contributed by atoms with Gasteiger partial charge in [-0.1, -0.05) is 23.7 Å². The van der Waals surface area contributed by atoms with Gasteiger partial charge in [-0.2, -0.15) is 0 Å². The van der Waals surface area contributed by atoms with Gasteiger partial charge >= 0.3 is 0 Å². The topological polar surface area (TPSA) is 71.4 Å². The van der Waals surface area contributed by atoms with Crippen molar-refractivity contribution in [1.82, 2.24) is 9.29 Å². The Morgan fingerprint density at radius 3 is 2.61 bits per heavy atom. The third kappa shape index (κ3) is 4.54. The van der Waals surface area contributed by atoms with E-state index in [4.69, 9.17) is 11.6 Å². The van der Waals surface area contributed by atoms with Crippen molar-refractivity contribution >= 4 is 33.2 Å². The number of fused-ring (bicyclic) bond motifs is 1. The fourth-order valence-corrected chi connectivity index (χ4v) is 5.23. The summed E-state index contributed by atoms with van der Waals surface area (Å²) in [6, 6.07) is 16.3. The van der Waals surface area contributed by atoms with Gasteiger partial charge in [-0.25, -0.2) is 13.1 Å². The molecular weight excluding hydrogens is 434 g/mol. The Hall–Kier alpha value is -2.61. The molecular formula is C23H24ClN3O3S. The molecule has 0 fully saturated rings. The number of rotatable bonds is 6. The number of hydrogen-bond acceptors (Lipinski definition) is 3. The molecule has 2 aromatic carbocycles. The number of benzene rings is 2. The second kappa shape index (κ2) is 8.49. The van der Waals surface area contributed by atoms with Crippen molar-refractivity contribution < 1.29 is 13.2 Å². The van der Waals surface area contributed by atoms with Crippen LogP contribution in [0, 0.1) is 0 Å². The minimum Gasteiger partial charge on any atom is -0.346 e. The van der Waals surface area contributed by atoms with E-state index < -0.39 is 10.0 Å². The molecule has 31 heavy (non-hydrogen) atoms. The predicted molar refractivity (Wildman–Crippen MR) is 122 cm³/mol. The summed E-state index contributed by atoms with van der Waals surface area (Å²) in [6.07, 6.45) is 2.56. The maximum atomic E-state index is 12.9. The normalized spacial score (nSPS) is 15.8. The zero-order valence-corrected chi connectivity index (χ0v) is 18.9. The summed E-state index contributed by atoms with van der Waals surface area (Å²) < 4.78 is 30.5. The number of aromatic nitrogens is 1. The van der Waals surface area contributed by atoms with Crippen LogP contribution in [0.2, 0.25) is 5.02 Å². The molecule has 0 saturated carbocycles. The van der Waals surface area contributed by atoms with E-state index in [1.165, 1.54) is 6.92 Å². The van der Waals surface area contributed by atoms with Crippen LogP contribution in [0.25, 0.3) is 0 Å². The van der Waals surface area contributed by atoms with Crippen LogP contribution in [0.4, 0.5) is 5.69 Å². The van der Waals surface area contributed by atoms with E-state index in [-0.39, 0.29) is 23.4 Å². The van der Waals surface area contributed by atoms with E-state index in [0.29, 0.717) is 18.0 Å². The quantitative estimate of drug-likeness (QED) is 0.608. The zero-order chi connectivity index (χ0) is 22.2. The zero-order valence-electron chi connectivity index (χ0n) is 17.4. The van der Waals surface area contributed by atoms with Gasteiger partial charge in [-0.05, 0) is 66.9 Å². The van der Waals surface area contributed by atoms with Crippen molar-refractivity contribution in [2.45, 2.75) is 44.3 Å². The maximum Gasteiger partial charge on any atom is 0.240 e. The van der Waals surface area contributed by atoms with E-state index in [0.717, 1.165) is 22.5 Å². The van der Waals surface area contributed by atoms with Crippen molar-refractivity contribution in [3.05, 3.63) is 82.6 Å². The SMILES string of the molecule is CC(=O)N1c2ccc(S(=O)(=O)NCc3cccn3Cc3ccc(Cl)cc3)cc2CC1C. The number of anilines is 1. The lowest BCUT2D eigenvalue weighted by atomic mass is 10.1. The lowest BCUT2D eigenvalue weighted by molar-refractivity contribution is -0.116. The first-order valence-electron chi connectivity index (χ1n) is 10.1. The van der Waals surface area contributed by atoms with Crippen molar-refractivity contribution in [3.8, 4) is 0 Å². The van der Waals surface area contributed by atoms with Crippen LogP contribution in [-0.4, -0.2) is 24.9 Å². The van der Waals surface area contributed by atoms with E-state index in [9.17, 15) is 13.2 Å². The second-order valence-electron chi connectivity index (χ2n) is 7.81. The molecule has 0 aliphatic carbocycles. The van der Waals surface area contributed by atoms with E-state index >= 15 is 0 Å². The van der Waals surface area contributed by atoms with Gasteiger partial charge in [-0.15, -0.1) is 0 Å². The Labute approximate surface area is 187 Å². The molecule has 1 aliphatic heterocycles. The molecule has 6 nitrogen and oxygen atoms in total. The number of sulfonamides is 1. The molecule has 162 valence electrons. The fraction of sp³-hybridized carbons (Fsp3) is 0.261. The highest BCUT2D eigenvalue weighted by atomic mass is 35.5. The van der Waals surface area contributed by atoms with Gasteiger partial charge in [-0.3, -0.25) is 4.79 Å². The van der Waals surface area contributed by atoms with Crippen LogP contribution in [0.1, 0.15) is 30.7 Å². The molecule has 8 heteroatoms. The predicted octanol–water partition coefficient (Wildman–Crippen LogP) is 3.97. The smallest absolute Gasteiger partial charge is 0.240 e. The number of carbonyl (C=O) groups is 1. The second-order valence-corrected chi connectivity index (χ2v) is 10.0. The first-order valence-corrected chi connectivity index (χ1v) is 11.9. The lowest BCUT2D eigenvalue weighted by Crippen LogP contribution is -2.33. The standard InChI is InChI=1S/C23H24ClN3O3S/c1-16-12-19-13-22(9-10-23(19)27(16)17(2)28)31(29,30)25-14-21-4-3-11-26(21)15-18-5-7-20(24)8-6-18/h3-11,13,16,25H,12,14-15H2,1-2H3. The van der Waals surface area contributed by atoms with E-state index in [1.807, 2.05) is 54.1 Å². The van der Waals surface area contributed by atoms with E-state index in [2.05, 4.69) is 4.72 Å². The minimum absolute atomic E-state index is 0.0227. The molecule has 1 amide bonds. The number of nitrogens with one attached hydrogen (secondary N) is 1. The number of amides is 1. The molecule has 0 bridgehead atoms. The molecule has 0 radical (unpaired) electrons. The summed E-state index contributed by atoms with van der Waals surface area (Å²) in [7, 11) is -3.69. The Bertz CT molecular complexity index is 1220. The molecule has 2 heterocycles. The van der Waals surface area contributed by atoms with Gasteiger partial charge in [0.25, 0.3) is 0 Å². The van der Waals surface area contributed by atoms with Gasteiger partial charge in [0.2, 0.25) is 15.9 Å². The number of hydrogen-bond donors (Lipinski definition) is 1. The summed E-state index contributed by atoms with van der Waals surface area (Å²) in [5, 5.41) is 0.680. The average molecular weight is 458 g/mol. The van der Waals surface area contributed by atoms with E-state index in [1.54, 1.807) is 23.1 Å². The van der Waals surface area contributed by atoms with Crippen LogP contribution in [-0.2, 0) is 34.3 Å². The Kier molecular flexibility index (Phi) is 5.92. The Morgan fingerprint density at radius 2 is 1.90 bits per heavy atom. The van der Waals surface area contributed by atoms with Crippen LogP contribution in [0.15, 0.2) is 65.7 Å². The molecule has 1 atom stereocenters. The molecule has 4 rings (SSSR count). The van der Waals surface area contributed by atoms with Crippen LogP contribution in [0.5, 0.6) is 0 Å². The third-order valence-corrected chi connectivity index (χ3v) is 7.20. The maximum absolute atomic E-state index is 12.9. The summed E-state index contributed by atoms with van der Waals surface area (Å²) in [6.45, 7) is 4.29. The van der Waals surface area contributed by atoms with Crippen molar-refractivity contribution in [1.29, 1.82) is 0 Å². The van der Waals surface area contributed by atoms with Gasteiger partial charge in [0, 0.05) is 42.1 Å². The number of nitrogens with zero attached hydrogens (tertiary/aromatic N) is 2. The first-order chi connectivity index (χ1) is 14.7. The lowest BCUT2D eigenvalue weighted by Gasteiger charge is -2.20. The third-order valence-electron chi connectivity index (χ3n) is 5.55. The molecule has 1 aromatic heterocycles. The Balaban J connectivity index is 1.49. The number of halogens is 1.